The fourth-order valence-corrected chi connectivity index (χ4v) is 2.90. The summed E-state index contributed by atoms with van der Waals surface area (Å²) < 4.78 is 2.27. The lowest BCUT2D eigenvalue weighted by Gasteiger charge is -2.19. The summed E-state index contributed by atoms with van der Waals surface area (Å²) in [6.07, 6.45) is 5.55. The van der Waals surface area contributed by atoms with Gasteiger partial charge in [0.05, 0.1) is 6.54 Å². The van der Waals surface area contributed by atoms with E-state index in [2.05, 4.69) is 68.2 Å². The molecular weight excluding hydrogens is 252 g/mol. The third-order valence-electron chi connectivity index (χ3n) is 3.04. The summed E-state index contributed by atoms with van der Waals surface area (Å²) >= 11 is 1.92. The molecule has 0 saturated carbocycles. The van der Waals surface area contributed by atoms with Gasteiger partial charge in [0.1, 0.15) is 0 Å². The van der Waals surface area contributed by atoms with Crippen LogP contribution in [0.15, 0.2) is 30.6 Å². The molecule has 0 fully saturated rings. The number of aryl methyl sites for hydroxylation is 1. The second-order valence-corrected chi connectivity index (χ2v) is 7.27. The standard InChI is InChI=1S/C16H24N2S/c1-5-14-6-7-15(19-14)12-18-9-8-13(11-18)10-17-16(2,3)4/h6-9,11,17H,5,10,12H2,1-4H3. The Kier molecular flexibility index (Phi) is 4.48. The molecule has 104 valence electrons. The van der Waals surface area contributed by atoms with Gasteiger partial charge in [-0.15, -0.1) is 11.3 Å². The van der Waals surface area contributed by atoms with Gasteiger partial charge < -0.3 is 9.88 Å². The van der Waals surface area contributed by atoms with Crippen LogP contribution in [0.1, 0.15) is 43.0 Å². The zero-order valence-corrected chi connectivity index (χ0v) is 13.2. The predicted molar refractivity (Wildman–Crippen MR) is 83.8 cm³/mol. The Bertz CT molecular complexity index is 517. The van der Waals surface area contributed by atoms with E-state index in [0.717, 1.165) is 19.5 Å². The lowest BCUT2D eigenvalue weighted by molar-refractivity contribution is 0.424. The van der Waals surface area contributed by atoms with E-state index in [1.54, 1.807) is 0 Å². The van der Waals surface area contributed by atoms with Gasteiger partial charge in [0.25, 0.3) is 0 Å². The highest BCUT2D eigenvalue weighted by atomic mass is 32.1. The first-order valence-electron chi connectivity index (χ1n) is 6.93. The van der Waals surface area contributed by atoms with Crippen LogP contribution in [0.5, 0.6) is 0 Å². The summed E-state index contributed by atoms with van der Waals surface area (Å²) in [7, 11) is 0. The highest BCUT2D eigenvalue weighted by Crippen LogP contribution is 2.18. The maximum Gasteiger partial charge on any atom is 0.0563 e. The molecule has 2 nitrogen and oxygen atoms in total. The summed E-state index contributed by atoms with van der Waals surface area (Å²) in [4.78, 5) is 2.90. The van der Waals surface area contributed by atoms with Crippen LogP contribution in [-0.4, -0.2) is 10.1 Å². The molecule has 0 spiro atoms. The Morgan fingerprint density at radius 2 is 1.89 bits per heavy atom. The van der Waals surface area contributed by atoms with Crippen molar-refractivity contribution in [1.29, 1.82) is 0 Å². The molecular formula is C16H24N2S. The monoisotopic (exact) mass is 276 g/mol. The van der Waals surface area contributed by atoms with E-state index >= 15 is 0 Å². The van der Waals surface area contributed by atoms with Crippen LogP contribution in [0, 0.1) is 0 Å². The maximum absolute atomic E-state index is 3.52. The molecule has 2 aromatic rings. The van der Waals surface area contributed by atoms with E-state index < -0.39 is 0 Å². The van der Waals surface area contributed by atoms with Crippen LogP contribution in [-0.2, 0) is 19.5 Å². The zero-order valence-electron chi connectivity index (χ0n) is 12.4. The van der Waals surface area contributed by atoms with Crippen LogP contribution in [0.3, 0.4) is 0 Å². The van der Waals surface area contributed by atoms with E-state index in [0.29, 0.717) is 0 Å². The van der Waals surface area contributed by atoms with E-state index in [9.17, 15) is 0 Å². The van der Waals surface area contributed by atoms with Crippen LogP contribution >= 0.6 is 11.3 Å². The molecule has 3 heteroatoms. The Balaban J connectivity index is 1.93. The van der Waals surface area contributed by atoms with Crippen molar-refractivity contribution in [3.8, 4) is 0 Å². The number of hydrogen-bond donors (Lipinski definition) is 1. The van der Waals surface area contributed by atoms with E-state index in [4.69, 9.17) is 0 Å². The van der Waals surface area contributed by atoms with E-state index in [-0.39, 0.29) is 5.54 Å². The lowest BCUT2D eigenvalue weighted by atomic mass is 10.1. The SMILES string of the molecule is CCc1ccc(Cn2ccc(CNC(C)(C)C)c2)s1. The molecule has 0 saturated heterocycles. The van der Waals surface area contributed by atoms with Crippen molar-refractivity contribution in [2.24, 2.45) is 0 Å². The summed E-state index contributed by atoms with van der Waals surface area (Å²) in [6, 6.07) is 6.69. The fourth-order valence-electron chi connectivity index (χ4n) is 1.94. The van der Waals surface area contributed by atoms with Crippen LogP contribution in [0.4, 0.5) is 0 Å². The topological polar surface area (TPSA) is 17.0 Å². The van der Waals surface area contributed by atoms with Crippen molar-refractivity contribution in [2.45, 2.75) is 52.7 Å². The Morgan fingerprint density at radius 3 is 2.53 bits per heavy atom. The van der Waals surface area contributed by atoms with Gasteiger partial charge in [-0.2, -0.15) is 0 Å². The van der Waals surface area contributed by atoms with Crippen molar-refractivity contribution in [1.82, 2.24) is 9.88 Å². The number of nitrogens with zero attached hydrogens (tertiary/aromatic N) is 1. The van der Waals surface area contributed by atoms with Gasteiger partial charge in [-0.25, -0.2) is 0 Å². The molecule has 2 aromatic heterocycles. The minimum absolute atomic E-state index is 0.172. The summed E-state index contributed by atoms with van der Waals surface area (Å²) in [6.45, 7) is 10.7. The van der Waals surface area contributed by atoms with Crippen molar-refractivity contribution in [2.75, 3.05) is 0 Å². The van der Waals surface area contributed by atoms with Gasteiger partial charge in [0.15, 0.2) is 0 Å². The summed E-state index contributed by atoms with van der Waals surface area (Å²) in [5.41, 5.74) is 1.52. The molecule has 0 atom stereocenters. The second kappa shape index (κ2) is 5.93. The molecule has 2 heterocycles. The van der Waals surface area contributed by atoms with Crippen LogP contribution in [0.25, 0.3) is 0 Å². The normalized spacial score (nSPS) is 12.0. The molecule has 1 N–H and O–H groups in total. The summed E-state index contributed by atoms with van der Waals surface area (Å²) in [5, 5.41) is 3.52. The quantitative estimate of drug-likeness (QED) is 0.872. The maximum atomic E-state index is 3.52. The predicted octanol–water partition coefficient (Wildman–Crippen LogP) is 4.05. The molecule has 0 aromatic carbocycles. The van der Waals surface area contributed by atoms with Gasteiger partial charge in [-0.05, 0) is 51.0 Å². The number of rotatable bonds is 5. The van der Waals surface area contributed by atoms with Crippen molar-refractivity contribution < 1.29 is 0 Å². The Labute approximate surface area is 120 Å². The summed E-state index contributed by atoms with van der Waals surface area (Å²) in [5.74, 6) is 0. The lowest BCUT2D eigenvalue weighted by Crippen LogP contribution is -2.34. The van der Waals surface area contributed by atoms with Gasteiger partial charge in [-0.3, -0.25) is 0 Å². The Morgan fingerprint density at radius 1 is 1.16 bits per heavy atom. The third-order valence-corrected chi connectivity index (χ3v) is 4.25. The largest absolute Gasteiger partial charge is 0.349 e. The molecule has 0 aliphatic carbocycles. The molecule has 0 aliphatic rings. The minimum Gasteiger partial charge on any atom is -0.349 e. The highest BCUT2D eigenvalue weighted by molar-refractivity contribution is 7.11. The van der Waals surface area contributed by atoms with Crippen molar-refractivity contribution in [3.63, 3.8) is 0 Å². The molecule has 0 amide bonds. The first kappa shape index (κ1) is 14.4. The molecule has 0 bridgehead atoms. The van der Waals surface area contributed by atoms with Gasteiger partial charge >= 0.3 is 0 Å². The minimum atomic E-state index is 0.172. The average Bonchev–Trinajstić information content (AvgIpc) is 2.95. The molecule has 2 rings (SSSR count). The Hall–Kier alpha value is -1.06. The number of aromatic nitrogens is 1. The third kappa shape index (κ3) is 4.51. The van der Waals surface area contributed by atoms with E-state index in [1.165, 1.54) is 15.3 Å². The van der Waals surface area contributed by atoms with Gasteiger partial charge in [0.2, 0.25) is 0 Å². The molecule has 0 unspecified atom stereocenters. The number of hydrogen-bond acceptors (Lipinski definition) is 2. The molecule has 0 aliphatic heterocycles. The van der Waals surface area contributed by atoms with Crippen LogP contribution < -0.4 is 5.32 Å². The molecule has 0 radical (unpaired) electrons. The highest BCUT2D eigenvalue weighted by Gasteiger charge is 2.09. The van der Waals surface area contributed by atoms with E-state index in [1.807, 2.05) is 11.3 Å². The second-order valence-electron chi connectivity index (χ2n) is 6.02. The van der Waals surface area contributed by atoms with Crippen LogP contribution in [0.2, 0.25) is 0 Å². The number of nitrogens with one attached hydrogen (secondary N) is 1. The average molecular weight is 276 g/mol. The van der Waals surface area contributed by atoms with Gasteiger partial charge in [0, 0.05) is 34.2 Å². The van der Waals surface area contributed by atoms with Crippen molar-refractivity contribution in [3.05, 3.63) is 45.9 Å². The number of thiophene rings is 1. The smallest absolute Gasteiger partial charge is 0.0563 e. The van der Waals surface area contributed by atoms with Gasteiger partial charge in [-0.1, -0.05) is 6.92 Å². The molecule has 19 heavy (non-hydrogen) atoms. The van der Waals surface area contributed by atoms with Crippen molar-refractivity contribution >= 4 is 11.3 Å². The zero-order chi connectivity index (χ0) is 13.9. The first-order chi connectivity index (χ1) is 8.96. The first-order valence-corrected chi connectivity index (χ1v) is 7.75. The fraction of sp³-hybridized carbons (Fsp3) is 0.500.